The largest absolute Gasteiger partial charge is 0.455 e. The number of carbonyl (C=O) groups excluding carboxylic acids is 1. The number of nitrogens with one attached hydrogen (secondary N) is 1. The quantitative estimate of drug-likeness (QED) is 0.880. The van der Waals surface area contributed by atoms with E-state index in [1.54, 1.807) is 12.4 Å². The molecule has 23 heavy (non-hydrogen) atoms. The SMILES string of the molecule is Cc1cc(NC(=O)C2(N)CC2)ccc1Oc1cccnc1.Cl.Cl. The van der Waals surface area contributed by atoms with Crippen molar-refractivity contribution >= 4 is 36.4 Å². The summed E-state index contributed by atoms with van der Waals surface area (Å²) in [5, 5.41) is 2.84. The highest BCUT2D eigenvalue weighted by atomic mass is 35.5. The Morgan fingerprint density at radius 1 is 1.30 bits per heavy atom. The average Bonchev–Trinajstić information content (AvgIpc) is 3.22. The summed E-state index contributed by atoms with van der Waals surface area (Å²) in [6.07, 6.45) is 4.85. The third kappa shape index (κ3) is 4.58. The van der Waals surface area contributed by atoms with Gasteiger partial charge in [0.1, 0.15) is 11.5 Å². The minimum atomic E-state index is -0.668. The first-order chi connectivity index (χ1) is 10.1. The molecule has 1 fully saturated rings. The molecule has 124 valence electrons. The molecule has 0 aliphatic heterocycles. The smallest absolute Gasteiger partial charge is 0.244 e. The molecule has 0 unspecified atom stereocenters. The van der Waals surface area contributed by atoms with Gasteiger partial charge in [-0.15, -0.1) is 24.8 Å². The number of amides is 1. The summed E-state index contributed by atoms with van der Waals surface area (Å²) in [6.45, 7) is 1.93. The molecule has 1 saturated carbocycles. The molecule has 1 aromatic heterocycles. The molecule has 7 heteroatoms. The van der Waals surface area contributed by atoms with Gasteiger partial charge < -0.3 is 15.8 Å². The molecule has 0 saturated heterocycles. The van der Waals surface area contributed by atoms with Crippen LogP contribution in [0.1, 0.15) is 18.4 Å². The summed E-state index contributed by atoms with van der Waals surface area (Å²) < 4.78 is 5.75. The molecule has 2 aromatic rings. The van der Waals surface area contributed by atoms with E-state index in [0.29, 0.717) is 5.75 Å². The fraction of sp³-hybridized carbons (Fsp3) is 0.250. The Hall–Kier alpha value is -1.82. The number of benzene rings is 1. The molecule has 3 rings (SSSR count). The molecule has 0 bridgehead atoms. The number of carbonyl (C=O) groups is 1. The number of nitrogens with zero attached hydrogens (tertiary/aromatic N) is 1. The second-order valence-corrected chi connectivity index (χ2v) is 5.38. The fourth-order valence-electron chi connectivity index (χ4n) is 1.99. The Morgan fingerprint density at radius 2 is 2.04 bits per heavy atom. The van der Waals surface area contributed by atoms with Gasteiger partial charge in [0.2, 0.25) is 5.91 Å². The van der Waals surface area contributed by atoms with E-state index in [1.807, 2.05) is 37.3 Å². The molecule has 1 amide bonds. The lowest BCUT2D eigenvalue weighted by Gasteiger charge is -2.13. The van der Waals surface area contributed by atoms with Crippen molar-refractivity contribution in [3.05, 3.63) is 48.3 Å². The van der Waals surface area contributed by atoms with E-state index >= 15 is 0 Å². The third-order valence-corrected chi connectivity index (χ3v) is 3.54. The molecular weight excluding hydrogens is 337 g/mol. The Balaban J connectivity index is 0.00000132. The van der Waals surface area contributed by atoms with Gasteiger partial charge in [0.25, 0.3) is 0 Å². The Kier molecular flexibility index (Phi) is 6.38. The summed E-state index contributed by atoms with van der Waals surface area (Å²) in [6, 6.07) is 9.16. The van der Waals surface area contributed by atoms with Crippen LogP contribution in [0.15, 0.2) is 42.7 Å². The van der Waals surface area contributed by atoms with E-state index in [-0.39, 0.29) is 30.7 Å². The number of aromatic nitrogens is 1. The number of pyridine rings is 1. The zero-order chi connectivity index (χ0) is 14.9. The molecule has 0 radical (unpaired) electrons. The van der Waals surface area contributed by atoms with Crippen LogP contribution in [0.5, 0.6) is 11.5 Å². The van der Waals surface area contributed by atoms with Crippen molar-refractivity contribution in [2.24, 2.45) is 5.73 Å². The lowest BCUT2D eigenvalue weighted by Crippen LogP contribution is -2.37. The number of ether oxygens (including phenoxy) is 1. The van der Waals surface area contributed by atoms with Crippen LogP contribution in [0.25, 0.3) is 0 Å². The van der Waals surface area contributed by atoms with E-state index in [0.717, 1.165) is 29.8 Å². The second-order valence-electron chi connectivity index (χ2n) is 5.38. The van der Waals surface area contributed by atoms with Crippen LogP contribution < -0.4 is 15.8 Å². The summed E-state index contributed by atoms with van der Waals surface area (Å²) in [4.78, 5) is 15.9. The normalized spacial score (nSPS) is 14.0. The van der Waals surface area contributed by atoms with Crippen LogP contribution in [-0.2, 0) is 4.79 Å². The van der Waals surface area contributed by atoms with E-state index < -0.39 is 5.54 Å². The molecule has 0 atom stereocenters. The van der Waals surface area contributed by atoms with Gasteiger partial charge in [-0.2, -0.15) is 0 Å². The van der Waals surface area contributed by atoms with Crippen molar-refractivity contribution in [2.45, 2.75) is 25.3 Å². The lowest BCUT2D eigenvalue weighted by atomic mass is 10.2. The number of nitrogens with two attached hydrogens (primary N) is 1. The van der Waals surface area contributed by atoms with Crippen molar-refractivity contribution in [1.82, 2.24) is 4.98 Å². The number of aryl methyl sites for hydroxylation is 1. The molecule has 5 nitrogen and oxygen atoms in total. The Morgan fingerprint density at radius 3 is 2.61 bits per heavy atom. The predicted octanol–water partition coefficient (Wildman–Crippen LogP) is 3.46. The highest BCUT2D eigenvalue weighted by molar-refractivity contribution is 6.00. The van der Waals surface area contributed by atoms with Gasteiger partial charge in [-0.3, -0.25) is 9.78 Å². The molecular formula is C16H19Cl2N3O2. The van der Waals surface area contributed by atoms with Gasteiger partial charge in [-0.1, -0.05) is 0 Å². The summed E-state index contributed by atoms with van der Waals surface area (Å²) >= 11 is 0. The fourth-order valence-corrected chi connectivity index (χ4v) is 1.99. The maximum absolute atomic E-state index is 11.9. The Bertz CT molecular complexity index is 676. The Labute approximate surface area is 147 Å². The monoisotopic (exact) mass is 355 g/mol. The van der Waals surface area contributed by atoms with Crippen LogP contribution in [0.3, 0.4) is 0 Å². The van der Waals surface area contributed by atoms with Gasteiger partial charge in [0, 0.05) is 11.9 Å². The van der Waals surface area contributed by atoms with Crippen LogP contribution in [0.4, 0.5) is 5.69 Å². The maximum Gasteiger partial charge on any atom is 0.244 e. The van der Waals surface area contributed by atoms with Crippen molar-refractivity contribution in [1.29, 1.82) is 0 Å². The molecule has 1 aliphatic rings. The van der Waals surface area contributed by atoms with Crippen molar-refractivity contribution in [3.63, 3.8) is 0 Å². The molecule has 1 aromatic carbocycles. The van der Waals surface area contributed by atoms with Gasteiger partial charge in [0.05, 0.1) is 11.7 Å². The van der Waals surface area contributed by atoms with Crippen LogP contribution in [-0.4, -0.2) is 16.4 Å². The van der Waals surface area contributed by atoms with Crippen molar-refractivity contribution in [3.8, 4) is 11.5 Å². The third-order valence-electron chi connectivity index (χ3n) is 3.54. The van der Waals surface area contributed by atoms with Gasteiger partial charge in [-0.05, 0) is 55.7 Å². The number of rotatable bonds is 4. The first-order valence-electron chi connectivity index (χ1n) is 6.86. The minimum absolute atomic E-state index is 0. The molecule has 1 aliphatic carbocycles. The first kappa shape index (κ1) is 19.2. The van der Waals surface area contributed by atoms with Crippen LogP contribution in [0, 0.1) is 6.92 Å². The number of anilines is 1. The van der Waals surface area contributed by atoms with Crippen LogP contribution >= 0.6 is 24.8 Å². The molecule has 0 spiro atoms. The first-order valence-corrected chi connectivity index (χ1v) is 6.86. The van der Waals surface area contributed by atoms with Crippen molar-refractivity contribution < 1.29 is 9.53 Å². The minimum Gasteiger partial charge on any atom is -0.455 e. The van der Waals surface area contributed by atoms with Crippen molar-refractivity contribution in [2.75, 3.05) is 5.32 Å². The van der Waals surface area contributed by atoms with Crippen LogP contribution in [0.2, 0.25) is 0 Å². The van der Waals surface area contributed by atoms with Gasteiger partial charge in [-0.25, -0.2) is 0 Å². The molecule has 1 heterocycles. The summed E-state index contributed by atoms with van der Waals surface area (Å²) in [7, 11) is 0. The van der Waals surface area contributed by atoms with E-state index in [9.17, 15) is 4.79 Å². The summed E-state index contributed by atoms with van der Waals surface area (Å²) in [5.41, 5.74) is 6.86. The maximum atomic E-state index is 11.9. The van der Waals surface area contributed by atoms with E-state index in [4.69, 9.17) is 10.5 Å². The zero-order valence-electron chi connectivity index (χ0n) is 12.6. The highest BCUT2D eigenvalue weighted by Gasteiger charge is 2.45. The number of halogens is 2. The lowest BCUT2D eigenvalue weighted by molar-refractivity contribution is -0.118. The zero-order valence-corrected chi connectivity index (χ0v) is 14.2. The standard InChI is InChI=1S/C16H17N3O2.2ClH/c1-11-9-12(19-15(20)16(17)6-7-16)4-5-14(11)21-13-3-2-8-18-10-13;;/h2-5,8-10H,6-7,17H2,1H3,(H,19,20);2*1H. The van der Waals surface area contributed by atoms with Gasteiger partial charge in [0.15, 0.2) is 0 Å². The number of hydrogen-bond acceptors (Lipinski definition) is 4. The molecule has 3 N–H and O–H groups in total. The summed E-state index contributed by atoms with van der Waals surface area (Å²) in [5.74, 6) is 1.29. The highest BCUT2D eigenvalue weighted by Crippen LogP contribution is 2.34. The number of hydrogen-bond donors (Lipinski definition) is 2. The topological polar surface area (TPSA) is 77.2 Å². The van der Waals surface area contributed by atoms with E-state index in [2.05, 4.69) is 10.3 Å². The predicted molar refractivity (Wildman–Crippen MR) is 94.8 cm³/mol. The average molecular weight is 356 g/mol. The second kappa shape index (κ2) is 7.64. The van der Waals surface area contributed by atoms with Gasteiger partial charge >= 0.3 is 0 Å². The van der Waals surface area contributed by atoms with E-state index in [1.165, 1.54) is 0 Å².